The second-order valence-corrected chi connectivity index (χ2v) is 7.11. The van der Waals surface area contributed by atoms with Crippen molar-refractivity contribution in [1.29, 1.82) is 0 Å². The van der Waals surface area contributed by atoms with Gasteiger partial charge < -0.3 is 30.0 Å². The molecular weight excluding hydrogens is 447 g/mol. The van der Waals surface area contributed by atoms with Gasteiger partial charge in [-0.1, -0.05) is 10.3 Å². The summed E-state index contributed by atoms with van der Waals surface area (Å²) in [6.45, 7) is 0.430. The third-order valence-corrected chi connectivity index (χ3v) is 5.12. The molecule has 3 rings (SSSR count). The number of nitrogens with zero attached hydrogens (tertiary/aromatic N) is 4. The van der Waals surface area contributed by atoms with Gasteiger partial charge in [-0.15, -0.1) is 0 Å². The van der Waals surface area contributed by atoms with E-state index in [2.05, 4.69) is 15.1 Å². The number of benzene rings is 1. The Bertz CT molecular complexity index is 1200. The summed E-state index contributed by atoms with van der Waals surface area (Å²) in [5.41, 5.74) is 3.54. The summed E-state index contributed by atoms with van der Waals surface area (Å²) in [6.07, 6.45) is 0.843. The van der Waals surface area contributed by atoms with Gasteiger partial charge in [0.05, 0.1) is 35.6 Å². The molecule has 1 fully saturated rings. The van der Waals surface area contributed by atoms with Gasteiger partial charge in [0.1, 0.15) is 43.3 Å². The number of carboxylic acids is 1. The second-order valence-electron chi connectivity index (χ2n) is 7.11. The molecule has 0 spiro atoms. The number of carbonyl (C=O) groups is 1. The molecule has 1 aliphatic heterocycles. The number of amidine groups is 1. The van der Waals surface area contributed by atoms with Crippen molar-refractivity contribution in [3.05, 3.63) is 39.7 Å². The highest BCUT2D eigenvalue weighted by Gasteiger charge is 2.36. The minimum atomic E-state index is -1.59. The van der Waals surface area contributed by atoms with E-state index in [9.17, 15) is 19.1 Å². The molecule has 10 nitrogen and oxygen atoms in total. The highest BCUT2D eigenvalue weighted by molar-refractivity contribution is 6.10. The van der Waals surface area contributed by atoms with Crippen LogP contribution in [0.25, 0.3) is 10.9 Å². The molecule has 1 saturated heterocycles. The fourth-order valence-electron chi connectivity index (χ4n) is 3.73. The van der Waals surface area contributed by atoms with Crippen molar-refractivity contribution in [3.63, 3.8) is 0 Å². The van der Waals surface area contributed by atoms with E-state index in [1.54, 1.807) is 6.92 Å². The number of aryl methyl sites for hydroxylation is 1. The Kier molecular flexibility index (Phi) is 7.09. The Balaban J connectivity index is 2.20. The zero-order valence-electron chi connectivity index (χ0n) is 17.8. The molecule has 0 aliphatic carbocycles. The summed E-state index contributed by atoms with van der Waals surface area (Å²) in [4.78, 5) is 35.0. The van der Waals surface area contributed by atoms with E-state index in [0.29, 0.717) is 5.71 Å². The van der Waals surface area contributed by atoms with Crippen molar-refractivity contribution in [1.82, 2.24) is 4.57 Å². The largest absolute Gasteiger partial charge is 0.477 e. The van der Waals surface area contributed by atoms with Crippen LogP contribution in [0.4, 0.5) is 18.9 Å². The molecule has 178 valence electrons. The second kappa shape index (κ2) is 9.79. The van der Waals surface area contributed by atoms with Gasteiger partial charge in [-0.05, 0) is 13.0 Å². The van der Waals surface area contributed by atoms with Crippen LogP contribution in [-0.4, -0.2) is 60.7 Å². The number of hydrogen-bond donors (Lipinski definition) is 2. The summed E-state index contributed by atoms with van der Waals surface area (Å²) in [5, 5.41) is 16.4. The first-order valence-corrected chi connectivity index (χ1v) is 9.89. The number of aromatic carboxylic acids is 1. The standard InChI is InChI=1S/C20H22F3N5O5/c1-3-33-25-14-9-28(7-11(14)19(24)26-32-2)17-13(22)6-10-16(15(17)23)27(5-4-21)8-12(18(10)29)20(30)31/h6,8,11H,3-5,7,9H2,1-2H3,(H2,24,26)(H,30,31)/b25-14-. The molecule has 1 atom stereocenters. The van der Waals surface area contributed by atoms with Crippen molar-refractivity contribution < 1.29 is 32.7 Å². The van der Waals surface area contributed by atoms with Crippen LogP contribution < -0.4 is 16.1 Å². The molecule has 3 N–H and O–H groups in total. The third-order valence-electron chi connectivity index (χ3n) is 5.12. The summed E-state index contributed by atoms with van der Waals surface area (Å²) >= 11 is 0. The molecule has 0 radical (unpaired) electrons. The lowest BCUT2D eigenvalue weighted by atomic mass is 10.1. The van der Waals surface area contributed by atoms with Gasteiger partial charge in [0.15, 0.2) is 5.82 Å². The topological polar surface area (TPSA) is 132 Å². The van der Waals surface area contributed by atoms with Crippen LogP contribution >= 0.6 is 0 Å². The Hall–Kier alpha value is -3.77. The first-order chi connectivity index (χ1) is 15.7. The summed E-state index contributed by atoms with van der Waals surface area (Å²) in [5.74, 6) is -4.50. The quantitative estimate of drug-likeness (QED) is 0.342. The number of halogens is 3. The van der Waals surface area contributed by atoms with Crippen molar-refractivity contribution in [3.8, 4) is 0 Å². The van der Waals surface area contributed by atoms with Crippen LogP contribution in [0.1, 0.15) is 17.3 Å². The summed E-state index contributed by atoms with van der Waals surface area (Å²) in [6, 6.07) is 0.747. The van der Waals surface area contributed by atoms with E-state index in [1.165, 1.54) is 12.0 Å². The lowest BCUT2D eigenvalue weighted by molar-refractivity contribution is 0.0694. The van der Waals surface area contributed by atoms with Gasteiger partial charge in [-0.25, -0.2) is 18.0 Å². The molecular formula is C20H22F3N5O5. The number of hydrogen-bond acceptors (Lipinski definition) is 7. The van der Waals surface area contributed by atoms with Crippen LogP contribution in [0.2, 0.25) is 0 Å². The van der Waals surface area contributed by atoms with E-state index in [-0.39, 0.29) is 25.5 Å². The van der Waals surface area contributed by atoms with E-state index < -0.39 is 64.3 Å². The van der Waals surface area contributed by atoms with E-state index in [0.717, 1.165) is 16.8 Å². The van der Waals surface area contributed by atoms with Crippen LogP contribution in [0.3, 0.4) is 0 Å². The van der Waals surface area contributed by atoms with Gasteiger partial charge in [-0.2, -0.15) is 0 Å². The fraction of sp³-hybridized carbons (Fsp3) is 0.400. The fourth-order valence-corrected chi connectivity index (χ4v) is 3.73. The number of alkyl halides is 1. The maximum Gasteiger partial charge on any atom is 0.341 e. The average Bonchev–Trinajstić information content (AvgIpc) is 3.18. The van der Waals surface area contributed by atoms with Gasteiger partial charge in [0.25, 0.3) is 0 Å². The van der Waals surface area contributed by atoms with Crippen molar-refractivity contribution in [2.45, 2.75) is 13.5 Å². The monoisotopic (exact) mass is 469 g/mol. The first-order valence-electron chi connectivity index (χ1n) is 9.89. The molecule has 0 bridgehead atoms. The van der Waals surface area contributed by atoms with E-state index >= 15 is 8.78 Å². The maximum atomic E-state index is 15.7. The van der Waals surface area contributed by atoms with Crippen LogP contribution in [0.15, 0.2) is 27.4 Å². The Morgan fingerprint density at radius 2 is 2.12 bits per heavy atom. The minimum absolute atomic E-state index is 0.0143. The Morgan fingerprint density at radius 1 is 1.39 bits per heavy atom. The smallest absolute Gasteiger partial charge is 0.341 e. The van der Waals surface area contributed by atoms with Gasteiger partial charge >= 0.3 is 5.97 Å². The molecule has 33 heavy (non-hydrogen) atoms. The minimum Gasteiger partial charge on any atom is -0.477 e. The highest BCUT2D eigenvalue weighted by Crippen LogP contribution is 2.33. The van der Waals surface area contributed by atoms with Gasteiger partial charge in [0.2, 0.25) is 5.43 Å². The molecule has 2 heterocycles. The normalized spacial score (nSPS) is 17.7. The van der Waals surface area contributed by atoms with Gasteiger partial charge in [-0.3, -0.25) is 4.79 Å². The summed E-state index contributed by atoms with van der Waals surface area (Å²) < 4.78 is 44.8. The molecule has 1 aromatic heterocycles. The number of fused-ring (bicyclic) bond motifs is 1. The van der Waals surface area contributed by atoms with E-state index in [1.807, 2.05) is 0 Å². The zero-order valence-corrected chi connectivity index (χ0v) is 17.8. The highest BCUT2D eigenvalue weighted by atomic mass is 19.1. The number of rotatable bonds is 8. The van der Waals surface area contributed by atoms with Crippen LogP contribution in [-0.2, 0) is 16.2 Å². The van der Waals surface area contributed by atoms with Crippen LogP contribution in [0, 0.1) is 17.6 Å². The summed E-state index contributed by atoms with van der Waals surface area (Å²) in [7, 11) is 1.29. The van der Waals surface area contributed by atoms with Crippen molar-refractivity contribution in [2.75, 3.05) is 38.4 Å². The predicted octanol–water partition coefficient (Wildman–Crippen LogP) is 1.69. The molecule has 0 amide bonds. The van der Waals surface area contributed by atoms with Crippen LogP contribution in [0.5, 0.6) is 0 Å². The molecule has 1 aliphatic rings. The Labute approximate surface area is 185 Å². The first kappa shape index (κ1) is 23.9. The number of oxime groups is 2. The third kappa shape index (κ3) is 4.43. The Morgan fingerprint density at radius 3 is 2.73 bits per heavy atom. The lowest BCUT2D eigenvalue weighted by Gasteiger charge is -2.21. The molecule has 13 heteroatoms. The maximum absolute atomic E-state index is 15.7. The van der Waals surface area contributed by atoms with Crippen molar-refractivity contribution in [2.24, 2.45) is 22.0 Å². The molecule has 1 unspecified atom stereocenters. The predicted molar refractivity (Wildman–Crippen MR) is 114 cm³/mol. The van der Waals surface area contributed by atoms with E-state index in [4.69, 9.17) is 10.6 Å². The molecule has 0 saturated carbocycles. The lowest BCUT2D eigenvalue weighted by Crippen LogP contribution is -2.31. The number of nitrogens with two attached hydrogens (primary N) is 1. The SMILES string of the molecule is CCO/N=C1/CN(c2c(F)cc3c(=O)c(C(=O)O)cn(CCF)c3c2F)CC1/C(N)=N\OC. The van der Waals surface area contributed by atoms with Gasteiger partial charge in [0, 0.05) is 12.7 Å². The zero-order chi connectivity index (χ0) is 24.3. The number of anilines is 1. The molecule has 1 aromatic carbocycles. The number of pyridine rings is 1. The number of carboxylic acid groups (broad SMARTS) is 1. The van der Waals surface area contributed by atoms with Crippen molar-refractivity contribution >= 4 is 34.1 Å². The number of aromatic nitrogens is 1. The molecule has 2 aromatic rings. The average molecular weight is 469 g/mol.